The lowest BCUT2D eigenvalue weighted by Gasteiger charge is -2.26. The van der Waals surface area contributed by atoms with Crippen LogP contribution < -0.4 is 5.32 Å². The smallest absolute Gasteiger partial charge is 0.00685 e. The third kappa shape index (κ3) is 4.52. The Morgan fingerprint density at radius 3 is 2.79 bits per heavy atom. The van der Waals surface area contributed by atoms with Gasteiger partial charge in [-0.05, 0) is 36.2 Å². The number of thioether (sulfide) groups is 1. The lowest BCUT2D eigenvalue weighted by atomic mass is 9.88. The summed E-state index contributed by atoms with van der Waals surface area (Å²) in [5.41, 5.74) is 0.296. The fourth-order valence-corrected chi connectivity index (χ4v) is 2.28. The Morgan fingerprint density at radius 2 is 2.29 bits per heavy atom. The van der Waals surface area contributed by atoms with Crippen molar-refractivity contribution in [2.75, 3.05) is 18.1 Å². The summed E-state index contributed by atoms with van der Waals surface area (Å²) in [4.78, 5) is 0. The molecule has 1 N–H and O–H groups in total. The minimum Gasteiger partial charge on any atom is -0.313 e. The van der Waals surface area contributed by atoms with Crippen molar-refractivity contribution in [2.24, 2.45) is 5.41 Å². The maximum atomic E-state index is 3.96. The van der Waals surface area contributed by atoms with Crippen molar-refractivity contribution in [3.63, 3.8) is 0 Å². The summed E-state index contributed by atoms with van der Waals surface area (Å²) in [7, 11) is 0. The van der Waals surface area contributed by atoms with E-state index in [2.05, 4.69) is 31.8 Å². The number of hydrogen-bond acceptors (Lipinski definition) is 2. The Hall–Kier alpha value is 0.0500. The average Bonchev–Trinajstić information content (AvgIpc) is 2.99. The zero-order valence-corrected chi connectivity index (χ0v) is 10.3. The van der Waals surface area contributed by atoms with Gasteiger partial charge in [-0.1, -0.05) is 19.9 Å². The van der Waals surface area contributed by atoms with Gasteiger partial charge in [-0.15, -0.1) is 6.58 Å². The summed E-state index contributed by atoms with van der Waals surface area (Å²) in [6.45, 7) is 9.59. The number of nitrogens with one attached hydrogen (secondary N) is 1. The molecule has 1 unspecified atom stereocenters. The number of hydrogen-bond donors (Lipinski definition) is 1. The van der Waals surface area contributed by atoms with E-state index in [1.54, 1.807) is 0 Å². The van der Waals surface area contributed by atoms with Crippen molar-refractivity contribution in [1.29, 1.82) is 0 Å². The summed E-state index contributed by atoms with van der Waals surface area (Å²) in [6.07, 6.45) is 6.11. The van der Waals surface area contributed by atoms with Crippen molar-refractivity contribution in [1.82, 2.24) is 5.32 Å². The van der Waals surface area contributed by atoms with Crippen LogP contribution in [-0.4, -0.2) is 24.1 Å². The standard InChI is InChI=1S/C12H23NS/c1-4-12(3,8-9-14-5-2)10-13-11-6-7-11/h4,11,13H,1,5-10H2,2-3H3. The van der Waals surface area contributed by atoms with Crippen LogP contribution in [0.25, 0.3) is 0 Å². The zero-order chi connectivity index (χ0) is 10.4. The van der Waals surface area contributed by atoms with E-state index in [1.807, 2.05) is 11.8 Å². The largest absolute Gasteiger partial charge is 0.313 e. The van der Waals surface area contributed by atoms with Gasteiger partial charge in [0.15, 0.2) is 0 Å². The van der Waals surface area contributed by atoms with Gasteiger partial charge in [0.1, 0.15) is 0 Å². The van der Waals surface area contributed by atoms with Crippen molar-refractivity contribution in [2.45, 2.75) is 39.2 Å². The first kappa shape index (κ1) is 12.1. The van der Waals surface area contributed by atoms with Crippen molar-refractivity contribution in [3.8, 4) is 0 Å². The highest BCUT2D eigenvalue weighted by atomic mass is 32.2. The van der Waals surface area contributed by atoms with Crippen LogP contribution in [0, 0.1) is 5.41 Å². The molecule has 14 heavy (non-hydrogen) atoms. The molecule has 82 valence electrons. The van der Waals surface area contributed by atoms with E-state index in [1.165, 1.54) is 30.8 Å². The van der Waals surface area contributed by atoms with Crippen molar-refractivity contribution >= 4 is 11.8 Å². The molecule has 0 aromatic rings. The maximum Gasteiger partial charge on any atom is 0.00685 e. The molecule has 1 nitrogen and oxygen atoms in total. The lowest BCUT2D eigenvalue weighted by Crippen LogP contribution is -2.32. The van der Waals surface area contributed by atoms with Crippen LogP contribution >= 0.6 is 11.8 Å². The van der Waals surface area contributed by atoms with Crippen LogP contribution in [0.5, 0.6) is 0 Å². The van der Waals surface area contributed by atoms with Crippen molar-refractivity contribution in [3.05, 3.63) is 12.7 Å². The van der Waals surface area contributed by atoms with E-state index in [-0.39, 0.29) is 0 Å². The molecule has 2 heteroatoms. The van der Waals surface area contributed by atoms with Crippen molar-refractivity contribution < 1.29 is 0 Å². The second-order valence-corrected chi connectivity index (χ2v) is 5.85. The fourth-order valence-electron chi connectivity index (χ4n) is 1.38. The minimum absolute atomic E-state index is 0.296. The van der Waals surface area contributed by atoms with Crippen LogP contribution in [-0.2, 0) is 0 Å². The summed E-state index contributed by atoms with van der Waals surface area (Å²) >= 11 is 2.02. The van der Waals surface area contributed by atoms with Gasteiger partial charge in [0, 0.05) is 12.6 Å². The van der Waals surface area contributed by atoms with Crippen LogP contribution in [0.1, 0.15) is 33.1 Å². The van der Waals surface area contributed by atoms with E-state index in [0.29, 0.717) is 5.41 Å². The predicted octanol–water partition coefficient (Wildman–Crippen LogP) is 3.07. The highest BCUT2D eigenvalue weighted by molar-refractivity contribution is 7.99. The Kier molecular flexibility index (Phi) is 5.04. The molecular weight excluding hydrogens is 190 g/mol. The Morgan fingerprint density at radius 1 is 1.57 bits per heavy atom. The van der Waals surface area contributed by atoms with Gasteiger partial charge >= 0.3 is 0 Å². The Bertz CT molecular complexity index is 177. The summed E-state index contributed by atoms with van der Waals surface area (Å²) in [5.74, 6) is 2.48. The van der Waals surface area contributed by atoms with Crippen LogP contribution in [0.4, 0.5) is 0 Å². The zero-order valence-electron chi connectivity index (χ0n) is 9.51. The summed E-state index contributed by atoms with van der Waals surface area (Å²) in [6, 6.07) is 0.813. The molecule has 0 aliphatic heterocycles. The molecule has 0 heterocycles. The minimum atomic E-state index is 0.296. The molecule has 0 bridgehead atoms. The van der Waals surface area contributed by atoms with Gasteiger partial charge in [0.05, 0.1) is 0 Å². The molecule has 0 saturated heterocycles. The van der Waals surface area contributed by atoms with Gasteiger partial charge in [0.2, 0.25) is 0 Å². The van der Waals surface area contributed by atoms with E-state index < -0.39 is 0 Å². The molecule has 1 saturated carbocycles. The Labute approximate surface area is 92.7 Å². The normalized spacial score (nSPS) is 20.4. The van der Waals surface area contributed by atoms with Gasteiger partial charge < -0.3 is 5.32 Å². The topological polar surface area (TPSA) is 12.0 Å². The number of rotatable bonds is 8. The van der Waals surface area contributed by atoms with Crippen LogP contribution in [0.2, 0.25) is 0 Å². The van der Waals surface area contributed by atoms with Gasteiger partial charge in [-0.2, -0.15) is 11.8 Å². The highest BCUT2D eigenvalue weighted by Crippen LogP contribution is 2.26. The molecule has 1 atom stereocenters. The summed E-state index contributed by atoms with van der Waals surface area (Å²) in [5, 5.41) is 3.59. The maximum absolute atomic E-state index is 3.96. The fraction of sp³-hybridized carbons (Fsp3) is 0.833. The molecule has 0 amide bonds. The van der Waals surface area contributed by atoms with Gasteiger partial charge in [-0.25, -0.2) is 0 Å². The van der Waals surface area contributed by atoms with Gasteiger partial charge in [0.25, 0.3) is 0 Å². The van der Waals surface area contributed by atoms with E-state index in [4.69, 9.17) is 0 Å². The van der Waals surface area contributed by atoms with Crippen LogP contribution in [0.15, 0.2) is 12.7 Å². The second-order valence-electron chi connectivity index (χ2n) is 4.46. The Balaban J connectivity index is 2.19. The molecule has 1 rings (SSSR count). The molecule has 0 aromatic carbocycles. The second kappa shape index (κ2) is 5.82. The first-order chi connectivity index (χ1) is 6.70. The monoisotopic (exact) mass is 213 g/mol. The van der Waals surface area contributed by atoms with Crippen LogP contribution in [0.3, 0.4) is 0 Å². The molecule has 1 aliphatic rings. The predicted molar refractivity (Wildman–Crippen MR) is 66.9 cm³/mol. The SMILES string of the molecule is C=CC(C)(CCSCC)CNC1CC1. The molecular formula is C12H23NS. The third-order valence-electron chi connectivity index (χ3n) is 2.89. The summed E-state index contributed by atoms with van der Waals surface area (Å²) < 4.78 is 0. The third-order valence-corrected chi connectivity index (χ3v) is 3.79. The lowest BCUT2D eigenvalue weighted by molar-refractivity contribution is 0.382. The highest BCUT2D eigenvalue weighted by Gasteiger charge is 2.25. The van der Waals surface area contributed by atoms with Gasteiger partial charge in [-0.3, -0.25) is 0 Å². The first-order valence-electron chi connectivity index (χ1n) is 5.65. The molecule has 0 radical (unpaired) electrons. The molecule has 1 aliphatic carbocycles. The molecule has 1 fully saturated rings. The first-order valence-corrected chi connectivity index (χ1v) is 6.80. The van der Waals surface area contributed by atoms with E-state index >= 15 is 0 Å². The molecule has 0 spiro atoms. The quantitative estimate of drug-likeness (QED) is 0.491. The average molecular weight is 213 g/mol. The van der Waals surface area contributed by atoms with E-state index in [9.17, 15) is 0 Å². The van der Waals surface area contributed by atoms with E-state index in [0.717, 1.165) is 12.6 Å². The molecule has 0 aromatic heterocycles.